The Hall–Kier alpha value is -0.510. The van der Waals surface area contributed by atoms with Crippen molar-refractivity contribution in [2.45, 2.75) is 17.8 Å². The van der Waals surface area contributed by atoms with Crippen LogP contribution in [0.2, 0.25) is 0 Å². The van der Waals surface area contributed by atoms with Gasteiger partial charge in [-0.3, -0.25) is 0 Å². The van der Waals surface area contributed by atoms with E-state index < -0.39 is 0 Å². The molecule has 4 heteroatoms. The summed E-state index contributed by atoms with van der Waals surface area (Å²) < 4.78 is 4.72. The van der Waals surface area contributed by atoms with Crippen molar-refractivity contribution in [1.29, 1.82) is 0 Å². The van der Waals surface area contributed by atoms with Gasteiger partial charge in [0.15, 0.2) is 0 Å². The molecule has 0 aromatic rings. The largest absolute Gasteiger partial charge is 0.447 e. The van der Waals surface area contributed by atoms with Gasteiger partial charge >= 0.3 is 6.09 Å². The number of hydrogen-bond acceptors (Lipinski definition) is 2. The number of nitrogens with one attached hydrogen (secondary N) is 1. The average Bonchev–Trinajstić information content (AvgIpc) is 2.36. The van der Waals surface area contributed by atoms with Crippen LogP contribution < -0.4 is 5.32 Å². The first-order valence-electron chi connectivity index (χ1n) is 3.44. The molecule has 0 aliphatic carbocycles. The molecule has 0 spiro atoms. The molecule has 1 N–H and O–H groups in total. The molecule has 11 heavy (non-hydrogen) atoms. The number of carbonyl (C=O) groups excluding carboxylic acids is 1. The van der Waals surface area contributed by atoms with Crippen molar-refractivity contribution in [3.63, 3.8) is 0 Å². The van der Waals surface area contributed by atoms with E-state index in [2.05, 4.69) is 21.2 Å². The van der Waals surface area contributed by atoms with Gasteiger partial charge in [0, 0.05) is 0 Å². The first kappa shape index (κ1) is 8.59. The molecule has 0 aromatic carbocycles. The van der Waals surface area contributed by atoms with Crippen LogP contribution in [0.3, 0.4) is 0 Å². The molecule has 0 aromatic heterocycles. The molecule has 1 fully saturated rings. The van der Waals surface area contributed by atoms with Gasteiger partial charge in [-0.05, 0) is 6.92 Å². The molecule has 1 aliphatic rings. The Labute approximate surface area is 73.9 Å². The third-order valence-corrected chi connectivity index (χ3v) is 2.40. The highest BCUT2D eigenvalue weighted by Gasteiger charge is 2.26. The summed E-state index contributed by atoms with van der Waals surface area (Å²) in [6.45, 7) is 2.38. The van der Waals surface area contributed by atoms with Crippen LogP contribution in [-0.2, 0) is 4.74 Å². The Morgan fingerprint density at radius 3 is 3.09 bits per heavy atom. The van der Waals surface area contributed by atoms with Gasteiger partial charge in [-0.1, -0.05) is 28.1 Å². The van der Waals surface area contributed by atoms with E-state index in [4.69, 9.17) is 4.74 Å². The van der Waals surface area contributed by atoms with Crippen LogP contribution in [0.5, 0.6) is 0 Å². The molecular formula is C7H10BrNO2. The molecule has 0 radical (unpaired) electrons. The topological polar surface area (TPSA) is 38.3 Å². The molecule has 1 aliphatic heterocycles. The fraction of sp³-hybridized carbons (Fsp3) is 0.571. The molecule has 1 rings (SSSR count). The van der Waals surface area contributed by atoms with Crippen molar-refractivity contribution in [3.8, 4) is 0 Å². The van der Waals surface area contributed by atoms with Crippen LogP contribution in [0.4, 0.5) is 4.79 Å². The van der Waals surface area contributed by atoms with E-state index in [9.17, 15) is 4.79 Å². The highest BCUT2D eigenvalue weighted by molar-refractivity contribution is 9.09. The highest BCUT2D eigenvalue weighted by Crippen LogP contribution is 2.12. The summed E-state index contributed by atoms with van der Waals surface area (Å²) >= 11 is 3.41. The lowest BCUT2D eigenvalue weighted by atomic mass is 10.2. The number of allylic oxidation sites excluding steroid dienone is 1. The van der Waals surface area contributed by atoms with Crippen molar-refractivity contribution in [3.05, 3.63) is 12.2 Å². The Balaban J connectivity index is 2.42. The van der Waals surface area contributed by atoms with Gasteiger partial charge in [0.2, 0.25) is 0 Å². The van der Waals surface area contributed by atoms with Crippen LogP contribution in [0.15, 0.2) is 12.2 Å². The lowest BCUT2D eigenvalue weighted by Gasteiger charge is -2.09. The first-order valence-corrected chi connectivity index (χ1v) is 4.36. The second-order valence-corrected chi connectivity index (χ2v) is 3.38. The first-order chi connectivity index (χ1) is 5.24. The van der Waals surface area contributed by atoms with Crippen molar-refractivity contribution in [2.24, 2.45) is 0 Å². The quantitative estimate of drug-likeness (QED) is 0.564. The number of alkyl halides is 1. The number of cyclic esters (lactones) is 1. The van der Waals surface area contributed by atoms with E-state index in [-0.39, 0.29) is 17.0 Å². The average molecular weight is 220 g/mol. The number of alkyl carbamates (subject to hydrolysis) is 1. The highest BCUT2D eigenvalue weighted by atomic mass is 79.9. The van der Waals surface area contributed by atoms with Crippen molar-refractivity contribution < 1.29 is 9.53 Å². The number of ether oxygens (including phenoxy) is 1. The van der Waals surface area contributed by atoms with E-state index in [1.54, 1.807) is 0 Å². The molecule has 0 saturated carbocycles. The minimum atomic E-state index is -0.330. The lowest BCUT2D eigenvalue weighted by molar-refractivity contribution is 0.177. The second kappa shape index (κ2) is 3.76. The lowest BCUT2D eigenvalue weighted by Crippen LogP contribution is -2.33. The number of rotatable bonds is 2. The smallest absolute Gasteiger partial charge is 0.407 e. The molecule has 1 heterocycles. The zero-order chi connectivity index (χ0) is 8.27. The Morgan fingerprint density at radius 1 is 1.91 bits per heavy atom. The van der Waals surface area contributed by atoms with Gasteiger partial charge in [0.25, 0.3) is 0 Å². The summed E-state index contributed by atoms with van der Waals surface area (Å²) in [5.74, 6) is 0. The van der Waals surface area contributed by atoms with Crippen LogP contribution >= 0.6 is 15.9 Å². The van der Waals surface area contributed by atoms with E-state index in [1.165, 1.54) is 0 Å². The zero-order valence-electron chi connectivity index (χ0n) is 6.21. The molecule has 2 atom stereocenters. The number of amides is 1. The number of hydrogen-bond donors (Lipinski definition) is 1. The van der Waals surface area contributed by atoms with Gasteiger partial charge in [-0.2, -0.15) is 0 Å². The summed E-state index contributed by atoms with van der Waals surface area (Å²) in [6.07, 6.45) is 3.58. The van der Waals surface area contributed by atoms with Crippen molar-refractivity contribution in [1.82, 2.24) is 5.32 Å². The third-order valence-electron chi connectivity index (χ3n) is 1.46. The molecule has 62 valence electrons. The minimum absolute atomic E-state index is 0.0682. The predicted octanol–water partition coefficient (Wildman–Crippen LogP) is 1.43. The van der Waals surface area contributed by atoms with E-state index in [1.807, 2.05) is 19.1 Å². The number of halogens is 1. The maximum atomic E-state index is 10.6. The molecule has 1 saturated heterocycles. The van der Waals surface area contributed by atoms with Crippen molar-refractivity contribution >= 4 is 22.0 Å². The summed E-state index contributed by atoms with van der Waals surface area (Å²) in [6, 6.07) is 0.0682. The molecule has 0 bridgehead atoms. The Kier molecular flexibility index (Phi) is 2.93. The fourth-order valence-electron chi connectivity index (χ4n) is 0.890. The van der Waals surface area contributed by atoms with Crippen LogP contribution in [0.1, 0.15) is 6.92 Å². The maximum Gasteiger partial charge on any atom is 0.407 e. The van der Waals surface area contributed by atoms with Crippen molar-refractivity contribution in [2.75, 3.05) is 6.61 Å². The Morgan fingerprint density at radius 2 is 2.64 bits per heavy atom. The van der Waals surface area contributed by atoms with E-state index in [0.717, 1.165) is 0 Å². The zero-order valence-corrected chi connectivity index (χ0v) is 7.80. The van der Waals surface area contributed by atoms with E-state index >= 15 is 0 Å². The fourth-order valence-corrected chi connectivity index (χ4v) is 1.48. The molecule has 3 nitrogen and oxygen atoms in total. The van der Waals surface area contributed by atoms with Gasteiger partial charge in [-0.25, -0.2) is 4.79 Å². The van der Waals surface area contributed by atoms with Gasteiger partial charge in [0.05, 0.1) is 10.9 Å². The predicted molar refractivity (Wildman–Crippen MR) is 45.8 cm³/mol. The van der Waals surface area contributed by atoms with E-state index in [0.29, 0.717) is 6.61 Å². The van der Waals surface area contributed by atoms with Crippen LogP contribution in [-0.4, -0.2) is 23.6 Å². The molecular weight excluding hydrogens is 210 g/mol. The van der Waals surface area contributed by atoms with Gasteiger partial charge in [0.1, 0.15) is 6.61 Å². The van der Waals surface area contributed by atoms with Crippen LogP contribution in [0.25, 0.3) is 0 Å². The third kappa shape index (κ3) is 2.22. The van der Waals surface area contributed by atoms with Gasteiger partial charge in [-0.15, -0.1) is 0 Å². The monoisotopic (exact) mass is 219 g/mol. The summed E-state index contributed by atoms with van der Waals surface area (Å²) in [5, 5.41) is 2.68. The summed E-state index contributed by atoms with van der Waals surface area (Å²) in [7, 11) is 0. The number of carbonyl (C=O) groups is 1. The SMILES string of the molecule is C/C=C/[C@H](Br)[C@H]1COC(=O)N1. The maximum absolute atomic E-state index is 10.6. The standard InChI is InChI=1S/C7H10BrNO2/c1-2-3-5(8)6-4-11-7(10)9-6/h2-3,5-6H,4H2,1H3,(H,9,10)/b3-2+/t5-,6+/m0/s1. The second-order valence-electron chi connectivity index (χ2n) is 2.32. The minimum Gasteiger partial charge on any atom is -0.447 e. The Bertz CT molecular complexity index is 181. The normalized spacial score (nSPS) is 26.7. The van der Waals surface area contributed by atoms with Gasteiger partial charge < -0.3 is 10.1 Å². The summed E-state index contributed by atoms with van der Waals surface area (Å²) in [4.78, 5) is 10.7. The molecule has 1 amide bonds. The summed E-state index contributed by atoms with van der Waals surface area (Å²) in [5.41, 5.74) is 0. The van der Waals surface area contributed by atoms with Crippen LogP contribution in [0, 0.1) is 0 Å². The molecule has 0 unspecified atom stereocenters.